The third-order valence-electron chi connectivity index (χ3n) is 0.606. The molecule has 0 N–H and O–H groups in total. The van der Waals surface area contributed by atoms with Crippen molar-refractivity contribution < 1.29 is 9.53 Å². The summed E-state index contributed by atoms with van der Waals surface area (Å²) in [5.41, 5.74) is 0. The highest BCUT2D eigenvalue weighted by atomic mass is 35.5. The van der Waals surface area contributed by atoms with Crippen molar-refractivity contribution in [3.05, 3.63) is 0 Å². The maximum Gasteiger partial charge on any atom is 0.321 e. The second kappa shape index (κ2) is 6.73. The van der Waals surface area contributed by atoms with E-state index in [0.29, 0.717) is 0 Å². The molecule has 0 radical (unpaired) electrons. The van der Waals surface area contributed by atoms with Gasteiger partial charge in [-0.2, -0.15) is 0 Å². The van der Waals surface area contributed by atoms with Gasteiger partial charge in [-0.15, -0.1) is 23.2 Å². The van der Waals surface area contributed by atoms with Gasteiger partial charge in [0.15, 0.2) is 6.61 Å². The Hall–Kier alpha value is -0.390. The second-order valence-corrected chi connectivity index (χ2v) is 1.82. The number of alkyl halides is 2. The molecule has 0 aromatic carbocycles. The van der Waals surface area contributed by atoms with E-state index in [2.05, 4.69) is 16.6 Å². The molecular weight excluding hydrogens is 175 g/mol. The average molecular weight is 181 g/mol. The number of carbonyl (C=O) groups excluding carboxylic acids is 1. The Morgan fingerprint density at radius 2 is 2.10 bits per heavy atom. The minimum Gasteiger partial charge on any atom is -0.452 e. The van der Waals surface area contributed by atoms with Crippen LogP contribution in [0.4, 0.5) is 0 Å². The van der Waals surface area contributed by atoms with E-state index in [4.69, 9.17) is 23.2 Å². The second-order valence-electron chi connectivity index (χ2n) is 1.28. The molecule has 0 saturated heterocycles. The lowest BCUT2D eigenvalue weighted by Crippen LogP contribution is -2.05. The van der Waals surface area contributed by atoms with E-state index < -0.39 is 5.97 Å². The summed E-state index contributed by atoms with van der Waals surface area (Å²) in [5.74, 6) is 4.68. The monoisotopic (exact) mass is 180 g/mol. The van der Waals surface area contributed by atoms with Gasteiger partial charge in [0, 0.05) is 0 Å². The summed E-state index contributed by atoms with van der Waals surface area (Å²) in [6, 6.07) is 0. The molecule has 4 heteroatoms. The van der Waals surface area contributed by atoms with Crippen LogP contribution in [0.3, 0.4) is 0 Å². The molecule has 0 aromatic heterocycles. The van der Waals surface area contributed by atoms with Gasteiger partial charge in [-0.3, -0.25) is 4.79 Å². The fourth-order valence-electron chi connectivity index (χ4n) is 0.253. The lowest BCUT2D eigenvalue weighted by molar-refractivity contribution is -0.139. The van der Waals surface area contributed by atoms with Crippen molar-refractivity contribution in [2.45, 2.75) is 0 Å². The van der Waals surface area contributed by atoms with Crippen LogP contribution in [-0.4, -0.2) is 24.3 Å². The number of halogens is 2. The van der Waals surface area contributed by atoms with Gasteiger partial charge in [-0.25, -0.2) is 0 Å². The van der Waals surface area contributed by atoms with Crippen molar-refractivity contribution in [1.29, 1.82) is 0 Å². The van der Waals surface area contributed by atoms with E-state index in [1.54, 1.807) is 0 Å². The third kappa shape index (κ3) is 5.74. The van der Waals surface area contributed by atoms with Crippen LogP contribution in [0.1, 0.15) is 0 Å². The summed E-state index contributed by atoms with van der Waals surface area (Å²) >= 11 is 10.3. The van der Waals surface area contributed by atoms with Gasteiger partial charge in [-0.1, -0.05) is 11.8 Å². The molecule has 0 aliphatic rings. The molecule has 10 heavy (non-hydrogen) atoms. The first-order chi connectivity index (χ1) is 4.81. The van der Waals surface area contributed by atoms with Crippen LogP contribution in [0.25, 0.3) is 0 Å². The first kappa shape index (κ1) is 9.61. The van der Waals surface area contributed by atoms with Crippen molar-refractivity contribution >= 4 is 29.2 Å². The Balaban J connectivity index is 3.27. The quantitative estimate of drug-likeness (QED) is 0.361. The lowest BCUT2D eigenvalue weighted by atomic mass is 10.6. The van der Waals surface area contributed by atoms with Crippen LogP contribution in [0.5, 0.6) is 0 Å². The summed E-state index contributed by atoms with van der Waals surface area (Å²) < 4.78 is 4.49. The van der Waals surface area contributed by atoms with Gasteiger partial charge in [0.1, 0.15) is 5.88 Å². The van der Waals surface area contributed by atoms with E-state index in [-0.39, 0.29) is 18.4 Å². The van der Waals surface area contributed by atoms with Gasteiger partial charge in [0.2, 0.25) is 0 Å². The molecule has 56 valence electrons. The van der Waals surface area contributed by atoms with Crippen molar-refractivity contribution in [2.75, 3.05) is 18.4 Å². The van der Waals surface area contributed by atoms with Crippen molar-refractivity contribution in [3.63, 3.8) is 0 Å². The Bertz CT molecular complexity index is 157. The molecule has 2 nitrogen and oxygen atoms in total. The number of hydrogen-bond acceptors (Lipinski definition) is 2. The highest BCUT2D eigenvalue weighted by Gasteiger charge is 1.94. The zero-order valence-electron chi connectivity index (χ0n) is 5.19. The minimum atomic E-state index is -0.467. The highest BCUT2D eigenvalue weighted by Crippen LogP contribution is 1.80. The predicted octanol–water partition coefficient (Wildman–Crippen LogP) is 1.01. The maximum absolute atomic E-state index is 10.3. The third-order valence-corrected chi connectivity index (χ3v) is 0.958. The number of hydrogen-bond donors (Lipinski definition) is 0. The minimum absolute atomic E-state index is 0.0677. The molecule has 0 saturated carbocycles. The van der Waals surface area contributed by atoms with E-state index >= 15 is 0 Å². The highest BCUT2D eigenvalue weighted by molar-refractivity contribution is 6.26. The van der Waals surface area contributed by atoms with Gasteiger partial charge >= 0.3 is 5.97 Å². The lowest BCUT2D eigenvalue weighted by Gasteiger charge is -1.92. The van der Waals surface area contributed by atoms with Crippen molar-refractivity contribution in [2.24, 2.45) is 0 Å². The summed E-state index contributed by atoms with van der Waals surface area (Å²) in [5, 5.41) is 0. The van der Waals surface area contributed by atoms with Crippen LogP contribution >= 0.6 is 23.2 Å². The number of esters is 1. The molecule has 0 aromatic rings. The Morgan fingerprint density at radius 3 is 2.60 bits per heavy atom. The molecule has 0 atom stereocenters. The first-order valence-corrected chi connectivity index (χ1v) is 3.61. The van der Waals surface area contributed by atoms with Crippen molar-refractivity contribution in [3.8, 4) is 11.8 Å². The number of rotatable bonds is 2. The van der Waals surface area contributed by atoms with Gasteiger partial charge in [-0.05, 0) is 0 Å². The normalized spacial score (nSPS) is 7.80. The molecule has 0 heterocycles. The Kier molecular flexibility index (Phi) is 6.46. The van der Waals surface area contributed by atoms with E-state index in [9.17, 15) is 4.79 Å². The van der Waals surface area contributed by atoms with Gasteiger partial charge in [0.05, 0.1) is 5.88 Å². The van der Waals surface area contributed by atoms with Gasteiger partial charge < -0.3 is 4.74 Å². The zero-order valence-corrected chi connectivity index (χ0v) is 6.71. The van der Waals surface area contributed by atoms with Crippen LogP contribution in [0.15, 0.2) is 0 Å². The molecule has 0 fully saturated rings. The first-order valence-electron chi connectivity index (χ1n) is 2.54. The smallest absolute Gasteiger partial charge is 0.321 e. The van der Waals surface area contributed by atoms with Crippen molar-refractivity contribution in [1.82, 2.24) is 0 Å². The van der Waals surface area contributed by atoms with Gasteiger partial charge in [0.25, 0.3) is 0 Å². The topological polar surface area (TPSA) is 26.3 Å². The van der Waals surface area contributed by atoms with Crippen LogP contribution in [0, 0.1) is 11.8 Å². The van der Waals surface area contributed by atoms with Crippen LogP contribution in [-0.2, 0) is 9.53 Å². The predicted molar refractivity (Wildman–Crippen MR) is 40.2 cm³/mol. The van der Waals surface area contributed by atoms with E-state index in [1.165, 1.54) is 0 Å². The molecule has 0 aliphatic heterocycles. The molecule has 0 spiro atoms. The molecule has 0 bridgehead atoms. The zero-order chi connectivity index (χ0) is 7.82. The maximum atomic E-state index is 10.3. The SMILES string of the molecule is O=C(CCl)OCC#CCCl. The molecular formula is C6H6Cl2O2. The molecule has 0 rings (SSSR count). The number of carbonyl (C=O) groups is 1. The Morgan fingerprint density at radius 1 is 1.40 bits per heavy atom. The fraction of sp³-hybridized carbons (Fsp3) is 0.500. The standard InChI is InChI=1S/C6H6Cl2O2/c7-3-1-2-4-10-6(9)5-8/h3-5H2. The summed E-state index contributed by atoms with van der Waals surface area (Å²) in [6.07, 6.45) is 0. The molecule has 0 amide bonds. The van der Waals surface area contributed by atoms with E-state index in [0.717, 1.165) is 0 Å². The largest absolute Gasteiger partial charge is 0.452 e. The average Bonchev–Trinajstić information content (AvgIpc) is 1.98. The summed E-state index contributed by atoms with van der Waals surface area (Å²) in [4.78, 5) is 10.3. The van der Waals surface area contributed by atoms with Crippen LogP contribution < -0.4 is 0 Å². The molecule has 0 aliphatic carbocycles. The Labute approximate surface area is 69.4 Å². The summed E-state index contributed by atoms with van der Waals surface area (Å²) in [6.45, 7) is 0.0677. The van der Waals surface area contributed by atoms with E-state index in [1.807, 2.05) is 0 Å². The fourth-order valence-corrected chi connectivity index (χ4v) is 0.425. The molecule has 0 unspecified atom stereocenters. The van der Waals surface area contributed by atoms with Crippen LogP contribution in [0.2, 0.25) is 0 Å². The number of ether oxygens (including phenoxy) is 1. The summed E-state index contributed by atoms with van der Waals surface area (Å²) in [7, 11) is 0.